The second kappa shape index (κ2) is 10.7. The summed E-state index contributed by atoms with van der Waals surface area (Å²) in [5.74, 6) is -42.2. The summed E-state index contributed by atoms with van der Waals surface area (Å²) < 4.78 is 205. The van der Waals surface area contributed by atoms with Crippen LogP contribution in [0.3, 0.4) is 0 Å². The Morgan fingerprint density at radius 3 is 1.86 bits per heavy atom. The van der Waals surface area contributed by atoms with Crippen molar-refractivity contribution in [3.05, 3.63) is 35.9 Å². The molecule has 0 spiro atoms. The Hall–Kier alpha value is -2.38. The third-order valence-corrected chi connectivity index (χ3v) is 6.22. The van der Waals surface area contributed by atoms with Crippen LogP contribution in [0, 0.1) is 0 Å². The number of ether oxygens (including phenoxy) is 5. The first kappa shape index (κ1) is 34.1. The van der Waals surface area contributed by atoms with Crippen molar-refractivity contribution in [2.75, 3.05) is 0 Å². The Bertz CT molecular complexity index is 1130. The fourth-order valence-electron chi connectivity index (χ4n) is 4.19. The van der Waals surface area contributed by atoms with Gasteiger partial charge in [-0.25, -0.2) is 0 Å². The highest BCUT2D eigenvalue weighted by Gasteiger charge is 2.92. The molecule has 0 bridgehead atoms. The van der Waals surface area contributed by atoms with E-state index in [1.54, 1.807) is 6.07 Å². The van der Waals surface area contributed by atoms with Gasteiger partial charge in [-0.3, -0.25) is 4.79 Å². The fraction of sp³-hybridized carbons (Fsp3) is 0.696. The summed E-state index contributed by atoms with van der Waals surface area (Å²) >= 11 is 0. The number of carbonyl (C=O) groups is 1. The molecular weight excluding hydrogens is 619 g/mol. The van der Waals surface area contributed by atoms with Gasteiger partial charge < -0.3 is 23.7 Å². The van der Waals surface area contributed by atoms with Crippen LogP contribution >= 0.6 is 0 Å². The topological polar surface area (TPSA) is 63.2 Å². The van der Waals surface area contributed by atoms with E-state index in [2.05, 4.69) is 4.74 Å². The van der Waals surface area contributed by atoms with Crippen molar-refractivity contribution >= 4 is 5.97 Å². The van der Waals surface area contributed by atoms with Crippen LogP contribution in [-0.2, 0) is 35.1 Å². The SMILES string of the molecule is CC(=O)O[C@H]([C@H]1O[C@@H]2OC(C)(C)O[C@@H]2[C@H]1OCc1ccccc1)C(F)(F)C(F)(F)C(F)(F)C(F)(F)C(F)(F)C(F)(F)F. The normalized spacial score (nSPS) is 26.2. The summed E-state index contributed by atoms with van der Waals surface area (Å²) in [7, 11) is 0. The van der Waals surface area contributed by atoms with Crippen molar-refractivity contribution < 1.29 is 85.6 Å². The second-order valence-corrected chi connectivity index (χ2v) is 9.78. The molecule has 2 heterocycles. The Kier molecular flexibility index (Phi) is 8.65. The van der Waals surface area contributed by atoms with Gasteiger partial charge in [-0.2, -0.15) is 57.1 Å². The summed E-state index contributed by atoms with van der Waals surface area (Å²) in [4.78, 5) is 11.6. The summed E-state index contributed by atoms with van der Waals surface area (Å²) in [6.07, 6.45) is -19.9. The highest BCUT2D eigenvalue weighted by Crippen LogP contribution is 2.61. The fourth-order valence-corrected chi connectivity index (χ4v) is 4.19. The molecule has 2 aliphatic rings. The number of hydrogen-bond acceptors (Lipinski definition) is 6. The molecule has 2 saturated heterocycles. The van der Waals surface area contributed by atoms with Gasteiger partial charge in [0.1, 0.15) is 18.3 Å². The van der Waals surface area contributed by atoms with E-state index in [1.165, 1.54) is 38.1 Å². The van der Waals surface area contributed by atoms with Crippen LogP contribution in [0.1, 0.15) is 26.3 Å². The first-order valence-corrected chi connectivity index (χ1v) is 11.6. The molecule has 0 aliphatic carbocycles. The Labute approximate surface area is 228 Å². The number of fused-ring (bicyclic) bond motifs is 1. The number of esters is 1. The van der Waals surface area contributed by atoms with Crippen molar-refractivity contribution in [2.24, 2.45) is 0 Å². The van der Waals surface area contributed by atoms with Gasteiger partial charge in [0.05, 0.1) is 6.61 Å². The van der Waals surface area contributed by atoms with Crippen molar-refractivity contribution in [3.8, 4) is 0 Å². The van der Waals surface area contributed by atoms with E-state index in [9.17, 15) is 53.1 Å². The first-order chi connectivity index (χ1) is 18.8. The monoisotopic (exact) mass is 640 g/mol. The number of carbonyl (C=O) groups excluding carboxylic acids is 1. The van der Waals surface area contributed by atoms with Gasteiger partial charge in [-0.15, -0.1) is 0 Å². The van der Waals surface area contributed by atoms with Crippen molar-refractivity contribution in [2.45, 2.75) is 99.7 Å². The highest BCUT2D eigenvalue weighted by molar-refractivity contribution is 5.66. The van der Waals surface area contributed by atoms with Crippen molar-refractivity contribution in [1.82, 2.24) is 0 Å². The molecule has 19 heteroatoms. The lowest BCUT2D eigenvalue weighted by atomic mass is 9.88. The highest BCUT2D eigenvalue weighted by atomic mass is 19.4. The Morgan fingerprint density at radius 2 is 1.36 bits per heavy atom. The maximum atomic E-state index is 15.3. The van der Waals surface area contributed by atoms with Crippen LogP contribution in [0.15, 0.2) is 30.3 Å². The number of halogens is 13. The van der Waals surface area contributed by atoms with Crippen LogP contribution < -0.4 is 0 Å². The molecule has 2 aliphatic heterocycles. The van der Waals surface area contributed by atoms with Crippen molar-refractivity contribution in [1.29, 1.82) is 0 Å². The van der Waals surface area contributed by atoms with Crippen molar-refractivity contribution in [3.63, 3.8) is 0 Å². The molecule has 0 radical (unpaired) electrons. The van der Waals surface area contributed by atoms with Crippen LogP contribution in [-0.4, -0.2) is 78.3 Å². The molecular formula is C23H21F13O6. The Morgan fingerprint density at radius 1 is 0.833 bits per heavy atom. The molecule has 1 aromatic carbocycles. The lowest BCUT2D eigenvalue weighted by Gasteiger charge is -2.42. The minimum absolute atomic E-state index is 0.289. The smallest absolute Gasteiger partial charge is 0.453 e. The van der Waals surface area contributed by atoms with Gasteiger partial charge in [0.2, 0.25) is 6.10 Å². The van der Waals surface area contributed by atoms with Crippen LogP contribution in [0.2, 0.25) is 0 Å². The number of benzene rings is 1. The van der Waals surface area contributed by atoms with Gasteiger partial charge in [0.25, 0.3) is 0 Å². The lowest BCUT2D eigenvalue weighted by Crippen LogP contribution is -2.73. The van der Waals surface area contributed by atoms with Gasteiger partial charge >= 0.3 is 41.8 Å². The van der Waals surface area contributed by atoms with E-state index in [0.717, 1.165) is 0 Å². The molecule has 3 rings (SSSR count). The average molecular weight is 640 g/mol. The zero-order chi connectivity index (χ0) is 32.3. The molecule has 0 saturated carbocycles. The summed E-state index contributed by atoms with van der Waals surface area (Å²) in [6.45, 7) is 2.29. The number of alkyl halides is 13. The minimum Gasteiger partial charge on any atom is -0.453 e. The van der Waals surface area contributed by atoms with Crippen LogP contribution in [0.5, 0.6) is 0 Å². The molecule has 5 atom stereocenters. The van der Waals surface area contributed by atoms with E-state index in [1.807, 2.05) is 0 Å². The quantitative estimate of drug-likeness (QED) is 0.227. The molecule has 0 amide bonds. The van der Waals surface area contributed by atoms with Crippen LogP contribution in [0.4, 0.5) is 57.1 Å². The van der Waals surface area contributed by atoms with E-state index in [4.69, 9.17) is 18.9 Å². The van der Waals surface area contributed by atoms with Crippen LogP contribution in [0.25, 0.3) is 0 Å². The number of rotatable bonds is 10. The summed E-state index contributed by atoms with van der Waals surface area (Å²) in [5.41, 5.74) is 0.305. The Balaban J connectivity index is 2.08. The predicted molar refractivity (Wildman–Crippen MR) is 110 cm³/mol. The summed E-state index contributed by atoms with van der Waals surface area (Å²) in [6, 6.07) is 7.37. The number of hydrogen-bond donors (Lipinski definition) is 0. The van der Waals surface area contributed by atoms with E-state index in [0.29, 0.717) is 5.56 Å². The van der Waals surface area contributed by atoms with Gasteiger partial charge in [0.15, 0.2) is 12.1 Å². The van der Waals surface area contributed by atoms with Gasteiger partial charge in [-0.1, -0.05) is 30.3 Å². The molecule has 0 unspecified atom stereocenters. The third-order valence-electron chi connectivity index (χ3n) is 6.22. The molecule has 0 aromatic heterocycles. The second-order valence-electron chi connectivity index (χ2n) is 9.78. The molecule has 6 nitrogen and oxygen atoms in total. The molecule has 1 aromatic rings. The van der Waals surface area contributed by atoms with E-state index >= 15 is 8.78 Å². The average Bonchev–Trinajstić information content (AvgIpc) is 3.31. The summed E-state index contributed by atoms with van der Waals surface area (Å²) in [5, 5.41) is 0. The largest absolute Gasteiger partial charge is 0.460 e. The predicted octanol–water partition coefficient (Wildman–Crippen LogP) is 6.12. The van der Waals surface area contributed by atoms with Gasteiger partial charge in [0, 0.05) is 6.92 Å². The lowest BCUT2D eigenvalue weighted by molar-refractivity contribution is -0.446. The zero-order valence-corrected chi connectivity index (χ0v) is 21.3. The maximum Gasteiger partial charge on any atom is 0.460 e. The molecule has 0 N–H and O–H groups in total. The van der Waals surface area contributed by atoms with E-state index < -0.39 is 84.9 Å². The van der Waals surface area contributed by atoms with Gasteiger partial charge in [-0.05, 0) is 19.4 Å². The zero-order valence-electron chi connectivity index (χ0n) is 21.3. The molecule has 42 heavy (non-hydrogen) atoms. The first-order valence-electron chi connectivity index (χ1n) is 11.6. The third kappa shape index (κ3) is 5.52. The standard InChI is InChI=1S/C23H21F13O6/c1-10(37)39-15(18(24,25)19(26,27)20(28,29)21(30,31)22(32,33)23(34,35)36)13-12(38-9-11-7-5-4-6-8-11)14-16(40-13)42-17(2,3)41-14/h4-8,12-16H,9H2,1-3H3/t12-,13-,14+,15+,16+/m0/s1. The maximum absolute atomic E-state index is 15.3. The molecule has 240 valence electrons. The minimum atomic E-state index is -8.14. The van der Waals surface area contributed by atoms with E-state index in [-0.39, 0.29) is 6.92 Å². The molecule has 2 fully saturated rings.